The predicted octanol–water partition coefficient (Wildman–Crippen LogP) is 3.50. The van der Waals surface area contributed by atoms with Crippen LogP contribution in [0.3, 0.4) is 0 Å². The van der Waals surface area contributed by atoms with Crippen molar-refractivity contribution in [2.45, 2.75) is 39.5 Å². The Morgan fingerprint density at radius 2 is 1.48 bits per heavy atom. The molecule has 0 fully saturated rings. The van der Waals surface area contributed by atoms with Crippen LogP contribution >= 0.6 is 15.6 Å². The van der Waals surface area contributed by atoms with E-state index < -0.39 is 22.4 Å². The van der Waals surface area contributed by atoms with Gasteiger partial charge in [0.15, 0.2) is 6.79 Å². The molecule has 0 spiro atoms. The normalized spacial score (nSPS) is 15.0. The Hall–Kier alpha value is -0.720. The standard InChI is InChI=1S/C13H22O8P2/c1-9(2)11-6-5-7-12(10(3)4)13(11)19-8-20-23(17,18)21-22(14,15)16/h5-7,9-10H,8H2,1-4H3,(H,17,18)(H2,14,15,16). The maximum absolute atomic E-state index is 11.4. The number of rotatable bonds is 8. The van der Waals surface area contributed by atoms with E-state index in [1.165, 1.54) is 0 Å². The Bertz CT molecular complexity index is 596. The summed E-state index contributed by atoms with van der Waals surface area (Å²) in [5.74, 6) is 0.820. The highest BCUT2D eigenvalue weighted by molar-refractivity contribution is 7.60. The Kier molecular flexibility index (Phi) is 6.98. The van der Waals surface area contributed by atoms with E-state index in [4.69, 9.17) is 14.5 Å². The molecule has 132 valence electrons. The minimum atomic E-state index is -5.14. The molecule has 8 nitrogen and oxygen atoms in total. The lowest BCUT2D eigenvalue weighted by molar-refractivity contribution is 0.0793. The van der Waals surface area contributed by atoms with Crippen molar-refractivity contribution in [2.75, 3.05) is 6.79 Å². The van der Waals surface area contributed by atoms with Gasteiger partial charge in [0.1, 0.15) is 5.75 Å². The van der Waals surface area contributed by atoms with Gasteiger partial charge in [-0.05, 0) is 23.0 Å². The van der Waals surface area contributed by atoms with E-state index in [1.807, 2.05) is 45.9 Å². The van der Waals surface area contributed by atoms with Crippen LogP contribution < -0.4 is 4.74 Å². The topological polar surface area (TPSA) is 123 Å². The zero-order valence-electron chi connectivity index (χ0n) is 13.4. The third kappa shape index (κ3) is 6.73. The number of hydrogen-bond donors (Lipinski definition) is 3. The fraction of sp³-hybridized carbons (Fsp3) is 0.538. The largest absolute Gasteiger partial charge is 0.484 e. The molecule has 0 heterocycles. The van der Waals surface area contributed by atoms with Crippen molar-refractivity contribution in [1.29, 1.82) is 0 Å². The second kappa shape index (κ2) is 7.90. The van der Waals surface area contributed by atoms with Crippen molar-refractivity contribution in [3.05, 3.63) is 29.3 Å². The van der Waals surface area contributed by atoms with Crippen LogP contribution in [0.4, 0.5) is 0 Å². The molecule has 0 bridgehead atoms. The van der Waals surface area contributed by atoms with Crippen LogP contribution in [0.25, 0.3) is 0 Å². The molecule has 0 saturated carbocycles. The molecular formula is C13H22O8P2. The second-order valence-corrected chi connectivity index (χ2v) is 8.34. The van der Waals surface area contributed by atoms with E-state index in [1.54, 1.807) is 0 Å². The fourth-order valence-corrected chi connectivity index (χ4v) is 3.41. The van der Waals surface area contributed by atoms with Crippen molar-refractivity contribution >= 4 is 15.6 Å². The molecule has 23 heavy (non-hydrogen) atoms. The third-order valence-corrected chi connectivity index (χ3v) is 5.06. The Labute approximate surface area is 135 Å². The summed E-state index contributed by atoms with van der Waals surface area (Å²) in [7, 11) is -10.1. The molecule has 0 aliphatic carbocycles. The molecule has 1 atom stereocenters. The smallest absolute Gasteiger partial charge is 0.466 e. The lowest BCUT2D eigenvalue weighted by Gasteiger charge is -2.20. The molecule has 1 unspecified atom stereocenters. The minimum absolute atomic E-state index is 0.149. The summed E-state index contributed by atoms with van der Waals surface area (Å²) < 4.78 is 35.6. The maximum Gasteiger partial charge on any atom is 0.484 e. The van der Waals surface area contributed by atoms with Crippen LogP contribution in [0, 0.1) is 0 Å². The van der Waals surface area contributed by atoms with Gasteiger partial charge in [-0.1, -0.05) is 45.9 Å². The van der Waals surface area contributed by atoms with E-state index in [0.29, 0.717) is 5.75 Å². The number of para-hydroxylation sites is 1. The summed E-state index contributed by atoms with van der Waals surface area (Å²) in [5.41, 5.74) is 1.78. The number of phosphoric acid groups is 2. The van der Waals surface area contributed by atoms with Crippen molar-refractivity contribution in [1.82, 2.24) is 0 Å². The summed E-state index contributed by atoms with van der Waals surface area (Å²) in [6.07, 6.45) is 0. The highest BCUT2D eigenvalue weighted by Gasteiger charge is 2.32. The lowest BCUT2D eigenvalue weighted by atomic mass is 9.94. The molecule has 0 aliphatic heterocycles. The first-order chi connectivity index (χ1) is 10.4. The average Bonchev–Trinajstić information content (AvgIpc) is 2.34. The van der Waals surface area contributed by atoms with Crippen LogP contribution in [0.1, 0.15) is 50.7 Å². The first kappa shape index (κ1) is 20.3. The summed E-state index contributed by atoms with van der Waals surface area (Å²) in [5, 5.41) is 0. The van der Waals surface area contributed by atoms with Crippen LogP contribution in [0.5, 0.6) is 5.75 Å². The van der Waals surface area contributed by atoms with Crippen LogP contribution in [0.2, 0.25) is 0 Å². The number of phosphoric ester groups is 1. The van der Waals surface area contributed by atoms with Gasteiger partial charge in [-0.3, -0.25) is 0 Å². The maximum atomic E-state index is 11.4. The molecule has 1 aromatic carbocycles. The van der Waals surface area contributed by atoms with Crippen molar-refractivity contribution in [3.63, 3.8) is 0 Å². The van der Waals surface area contributed by atoms with Gasteiger partial charge in [0.25, 0.3) is 0 Å². The summed E-state index contributed by atoms with van der Waals surface area (Å²) >= 11 is 0. The van der Waals surface area contributed by atoms with Gasteiger partial charge in [0.05, 0.1) is 0 Å². The number of hydrogen-bond acceptors (Lipinski definition) is 5. The number of ether oxygens (including phenoxy) is 1. The van der Waals surface area contributed by atoms with Gasteiger partial charge in [-0.15, -0.1) is 0 Å². The van der Waals surface area contributed by atoms with E-state index in [9.17, 15) is 14.0 Å². The molecule has 0 saturated heterocycles. The van der Waals surface area contributed by atoms with E-state index in [0.717, 1.165) is 11.1 Å². The number of benzene rings is 1. The lowest BCUT2D eigenvalue weighted by Crippen LogP contribution is -2.08. The summed E-state index contributed by atoms with van der Waals surface area (Å²) in [4.78, 5) is 26.3. The van der Waals surface area contributed by atoms with Gasteiger partial charge in [-0.2, -0.15) is 4.31 Å². The zero-order chi connectivity index (χ0) is 17.8. The van der Waals surface area contributed by atoms with Gasteiger partial charge in [-0.25, -0.2) is 13.7 Å². The van der Waals surface area contributed by atoms with Gasteiger partial charge < -0.3 is 19.4 Å². The summed E-state index contributed by atoms with van der Waals surface area (Å²) in [6.45, 7) is 7.21. The molecule has 1 aromatic rings. The molecule has 0 radical (unpaired) electrons. The van der Waals surface area contributed by atoms with Gasteiger partial charge in [0.2, 0.25) is 0 Å². The van der Waals surface area contributed by atoms with Crippen LogP contribution in [0.15, 0.2) is 18.2 Å². The van der Waals surface area contributed by atoms with E-state index in [-0.39, 0.29) is 11.8 Å². The van der Waals surface area contributed by atoms with Crippen molar-refractivity contribution in [2.24, 2.45) is 0 Å². The molecule has 0 aliphatic rings. The van der Waals surface area contributed by atoms with Gasteiger partial charge in [0, 0.05) is 0 Å². The molecule has 1 rings (SSSR count). The minimum Gasteiger partial charge on any atom is -0.466 e. The van der Waals surface area contributed by atoms with Crippen LogP contribution in [-0.2, 0) is 18.0 Å². The highest BCUT2D eigenvalue weighted by atomic mass is 31.3. The molecule has 0 aromatic heterocycles. The first-order valence-electron chi connectivity index (χ1n) is 6.93. The monoisotopic (exact) mass is 368 g/mol. The Morgan fingerprint density at radius 3 is 1.87 bits per heavy atom. The first-order valence-corrected chi connectivity index (χ1v) is 9.95. The Balaban J connectivity index is 2.89. The molecular weight excluding hydrogens is 346 g/mol. The average molecular weight is 368 g/mol. The summed E-state index contributed by atoms with van der Waals surface area (Å²) in [6, 6.07) is 5.64. The fourth-order valence-electron chi connectivity index (χ4n) is 1.96. The second-order valence-electron chi connectivity index (χ2n) is 5.51. The highest BCUT2D eigenvalue weighted by Crippen LogP contribution is 2.57. The van der Waals surface area contributed by atoms with Crippen molar-refractivity contribution < 1.29 is 37.4 Å². The SMILES string of the molecule is CC(C)c1cccc(C(C)C)c1OCOP(=O)(O)OP(=O)(O)O. The van der Waals surface area contributed by atoms with E-state index in [2.05, 4.69) is 8.83 Å². The third-order valence-electron chi connectivity index (χ3n) is 2.95. The van der Waals surface area contributed by atoms with Crippen LogP contribution in [-0.4, -0.2) is 21.5 Å². The zero-order valence-corrected chi connectivity index (χ0v) is 15.2. The Morgan fingerprint density at radius 1 is 1.00 bits per heavy atom. The molecule has 0 amide bonds. The predicted molar refractivity (Wildman–Crippen MR) is 84.2 cm³/mol. The van der Waals surface area contributed by atoms with E-state index >= 15 is 0 Å². The quantitative estimate of drug-likeness (QED) is 0.471. The van der Waals surface area contributed by atoms with Gasteiger partial charge >= 0.3 is 15.6 Å². The molecule has 10 heteroatoms. The molecule has 3 N–H and O–H groups in total. The van der Waals surface area contributed by atoms with Crippen molar-refractivity contribution in [3.8, 4) is 5.75 Å².